The molecule has 1 aliphatic rings. The molecule has 0 bridgehead atoms. The first-order valence-electron chi connectivity index (χ1n) is 9.58. The van der Waals surface area contributed by atoms with Gasteiger partial charge in [0.2, 0.25) is 5.91 Å². The normalized spacial score (nSPS) is 23.3. The first kappa shape index (κ1) is 18.9. The Labute approximate surface area is 154 Å². The Bertz CT molecular complexity index is 732. The number of rotatable bonds is 6. The lowest BCUT2D eigenvalue weighted by molar-refractivity contribution is -0.128. The van der Waals surface area contributed by atoms with E-state index in [0.717, 1.165) is 36.1 Å². The van der Waals surface area contributed by atoms with E-state index in [1.165, 1.54) is 11.1 Å². The third-order valence-corrected chi connectivity index (χ3v) is 5.33. The molecule has 1 aliphatic carbocycles. The molecule has 0 spiro atoms. The molecule has 0 unspecified atom stereocenters. The van der Waals surface area contributed by atoms with Crippen LogP contribution in [0.15, 0.2) is 12.1 Å². The monoisotopic (exact) mass is 358 g/mol. The van der Waals surface area contributed by atoms with Crippen molar-refractivity contribution in [2.24, 2.45) is 11.7 Å². The van der Waals surface area contributed by atoms with Crippen LogP contribution >= 0.6 is 0 Å². The molecule has 4 N–H and O–H groups in total. The van der Waals surface area contributed by atoms with Gasteiger partial charge < -0.3 is 20.8 Å². The molecule has 0 aliphatic heterocycles. The highest BCUT2D eigenvalue weighted by Gasteiger charge is 2.32. The van der Waals surface area contributed by atoms with Crippen molar-refractivity contribution in [1.82, 2.24) is 15.3 Å². The van der Waals surface area contributed by atoms with Gasteiger partial charge >= 0.3 is 0 Å². The van der Waals surface area contributed by atoms with Crippen LogP contribution in [-0.2, 0) is 16.1 Å². The number of carbonyl (C=O) groups is 1. The molecular weight excluding hydrogens is 328 g/mol. The van der Waals surface area contributed by atoms with Gasteiger partial charge in [0.05, 0.1) is 23.7 Å². The molecule has 0 saturated heterocycles. The molecule has 1 fully saturated rings. The fourth-order valence-corrected chi connectivity index (χ4v) is 3.57. The lowest BCUT2D eigenvalue weighted by Crippen LogP contribution is -2.45. The van der Waals surface area contributed by atoms with E-state index in [1.54, 1.807) is 0 Å². The minimum Gasteiger partial charge on any atom is -0.377 e. The number of hydrogen-bond acceptors (Lipinski definition) is 4. The quantitative estimate of drug-likeness (QED) is 0.740. The smallest absolute Gasteiger partial charge is 0.223 e. The Morgan fingerprint density at radius 1 is 1.35 bits per heavy atom. The molecule has 1 amide bonds. The topological polar surface area (TPSA) is 93.0 Å². The first-order chi connectivity index (χ1) is 12.5. The van der Waals surface area contributed by atoms with Gasteiger partial charge in [0.25, 0.3) is 0 Å². The molecule has 1 heterocycles. The first-order valence-corrected chi connectivity index (χ1v) is 9.58. The van der Waals surface area contributed by atoms with Gasteiger partial charge in [-0.2, -0.15) is 0 Å². The van der Waals surface area contributed by atoms with Crippen LogP contribution in [-0.4, -0.2) is 34.6 Å². The number of nitrogens with zero attached hydrogens (tertiary/aromatic N) is 1. The molecular formula is C20H30N4O2. The van der Waals surface area contributed by atoms with Gasteiger partial charge in [-0.1, -0.05) is 6.92 Å². The number of fused-ring (bicyclic) bond motifs is 1. The van der Waals surface area contributed by atoms with Crippen molar-refractivity contribution in [2.75, 3.05) is 6.61 Å². The summed E-state index contributed by atoms with van der Waals surface area (Å²) in [5.41, 5.74) is 10.5. The summed E-state index contributed by atoms with van der Waals surface area (Å²) >= 11 is 0. The lowest BCUT2D eigenvalue weighted by Gasteiger charge is -2.33. The molecule has 142 valence electrons. The van der Waals surface area contributed by atoms with Gasteiger partial charge in [-0.3, -0.25) is 4.79 Å². The molecule has 6 heteroatoms. The Balaban J connectivity index is 1.58. The zero-order chi connectivity index (χ0) is 18.7. The number of aromatic nitrogens is 2. The summed E-state index contributed by atoms with van der Waals surface area (Å²) in [5.74, 6) is 0.810. The van der Waals surface area contributed by atoms with E-state index >= 15 is 0 Å². The maximum absolute atomic E-state index is 12.6. The number of benzene rings is 1. The molecule has 1 aromatic heterocycles. The maximum atomic E-state index is 12.6. The summed E-state index contributed by atoms with van der Waals surface area (Å²) in [6.07, 6.45) is 3.29. The second-order valence-corrected chi connectivity index (χ2v) is 7.44. The van der Waals surface area contributed by atoms with Crippen molar-refractivity contribution >= 4 is 16.9 Å². The number of aromatic amines is 1. The van der Waals surface area contributed by atoms with E-state index < -0.39 is 0 Å². The SMILES string of the molecule is CCCO[C@@H]1C[C@@H](C(=O)NCc2nc3cc(C)c(C)cc3[nH]2)CC[C@H]1N. The minimum absolute atomic E-state index is 0.0170. The summed E-state index contributed by atoms with van der Waals surface area (Å²) in [4.78, 5) is 20.5. The second-order valence-electron chi connectivity index (χ2n) is 7.44. The maximum Gasteiger partial charge on any atom is 0.223 e. The summed E-state index contributed by atoms with van der Waals surface area (Å²) in [7, 11) is 0. The van der Waals surface area contributed by atoms with E-state index in [0.29, 0.717) is 19.6 Å². The molecule has 0 radical (unpaired) electrons. The standard InChI is InChI=1S/C20H30N4O2/c1-4-7-26-18-10-14(5-6-15(18)21)20(25)22-11-19-23-16-8-12(2)13(3)9-17(16)24-19/h8-9,14-15,18H,4-7,10-11,21H2,1-3H3,(H,22,25)(H,23,24)/t14-,15+,18+/m0/s1. The number of H-pyrrole nitrogens is 1. The minimum atomic E-state index is -0.0366. The molecule has 3 rings (SSSR count). The zero-order valence-corrected chi connectivity index (χ0v) is 16.0. The van der Waals surface area contributed by atoms with Crippen LogP contribution in [0.25, 0.3) is 11.0 Å². The highest BCUT2D eigenvalue weighted by molar-refractivity contribution is 5.79. The van der Waals surface area contributed by atoms with E-state index in [-0.39, 0.29) is 24.0 Å². The van der Waals surface area contributed by atoms with Crippen molar-refractivity contribution < 1.29 is 9.53 Å². The fraction of sp³-hybridized carbons (Fsp3) is 0.600. The van der Waals surface area contributed by atoms with E-state index in [4.69, 9.17) is 10.5 Å². The van der Waals surface area contributed by atoms with Crippen LogP contribution in [0, 0.1) is 19.8 Å². The number of amides is 1. The van der Waals surface area contributed by atoms with Crippen LogP contribution in [0.5, 0.6) is 0 Å². The third-order valence-electron chi connectivity index (χ3n) is 5.33. The molecule has 3 atom stereocenters. The Kier molecular flexibility index (Phi) is 5.94. The molecule has 1 aromatic carbocycles. The van der Waals surface area contributed by atoms with E-state index in [2.05, 4.69) is 48.2 Å². The van der Waals surface area contributed by atoms with Crippen LogP contribution in [0.3, 0.4) is 0 Å². The number of aryl methyl sites for hydroxylation is 2. The Hall–Kier alpha value is -1.92. The number of carbonyl (C=O) groups excluding carboxylic acids is 1. The fourth-order valence-electron chi connectivity index (χ4n) is 3.57. The number of nitrogens with two attached hydrogens (primary N) is 1. The van der Waals surface area contributed by atoms with E-state index in [9.17, 15) is 4.79 Å². The second kappa shape index (κ2) is 8.18. The van der Waals surface area contributed by atoms with E-state index in [1.807, 2.05) is 0 Å². The average Bonchev–Trinajstić information content (AvgIpc) is 3.01. The highest BCUT2D eigenvalue weighted by Crippen LogP contribution is 2.26. The van der Waals surface area contributed by atoms with Gasteiger partial charge in [0.15, 0.2) is 0 Å². The zero-order valence-electron chi connectivity index (χ0n) is 16.0. The summed E-state index contributed by atoms with van der Waals surface area (Å²) in [6.45, 7) is 7.35. The van der Waals surface area contributed by atoms with Crippen molar-refractivity contribution in [1.29, 1.82) is 0 Å². The van der Waals surface area contributed by atoms with Crippen molar-refractivity contribution in [3.63, 3.8) is 0 Å². The summed E-state index contributed by atoms with van der Waals surface area (Å²) in [5, 5.41) is 3.02. The van der Waals surface area contributed by atoms with Crippen LogP contribution in [0.4, 0.5) is 0 Å². The lowest BCUT2D eigenvalue weighted by atomic mass is 9.83. The van der Waals surface area contributed by atoms with Crippen LogP contribution in [0.1, 0.15) is 49.6 Å². The van der Waals surface area contributed by atoms with Crippen molar-refractivity contribution in [2.45, 2.75) is 65.1 Å². The summed E-state index contributed by atoms with van der Waals surface area (Å²) < 4.78 is 5.83. The van der Waals surface area contributed by atoms with Crippen molar-refractivity contribution in [3.8, 4) is 0 Å². The highest BCUT2D eigenvalue weighted by atomic mass is 16.5. The predicted molar refractivity (Wildman–Crippen MR) is 103 cm³/mol. The van der Waals surface area contributed by atoms with Crippen LogP contribution < -0.4 is 11.1 Å². The summed E-state index contributed by atoms with van der Waals surface area (Å²) in [6, 6.07) is 4.21. The molecule has 6 nitrogen and oxygen atoms in total. The predicted octanol–water partition coefficient (Wildman–Crippen LogP) is 2.72. The third kappa shape index (κ3) is 4.24. The number of ether oxygens (including phenoxy) is 1. The van der Waals surface area contributed by atoms with Gasteiger partial charge in [0, 0.05) is 18.6 Å². The Morgan fingerprint density at radius 2 is 2.12 bits per heavy atom. The Morgan fingerprint density at radius 3 is 2.88 bits per heavy atom. The van der Waals surface area contributed by atoms with Crippen LogP contribution in [0.2, 0.25) is 0 Å². The largest absolute Gasteiger partial charge is 0.377 e. The number of hydrogen-bond donors (Lipinski definition) is 3. The van der Waals surface area contributed by atoms with Gasteiger partial charge in [-0.05, 0) is 62.8 Å². The molecule has 26 heavy (non-hydrogen) atoms. The van der Waals surface area contributed by atoms with Gasteiger partial charge in [-0.15, -0.1) is 0 Å². The number of imidazole rings is 1. The molecule has 1 saturated carbocycles. The molecule has 2 aromatic rings. The van der Waals surface area contributed by atoms with Gasteiger partial charge in [0.1, 0.15) is 5.82 Å². The average molecular weight is 358 g/mol. The van der Waals surface area contributed by atoms with Crippen molar-refractivity contribution in [3.05, 3.63) is 29.1 Å². The van der Waals surface area contributed by atoms with Gasteiger partial charge in [-0.25, -0.2) is 4.98 Å². The number of nitrogens with one attached hydrogen (secondary N) is 2.